The summed E-state index contributed by atoms with van der Waals surface area (Å²) in [6.07, 6.45) is 1.25. The Hall–Kier alpha value is -1.62. The van der Waals surface area contributed by atoms with E-state index in [-0.39, 0.29) is 12.1 Å². The molecular weight excluding hydrogens is 254 g/mol. The monoisotopic (exact) mass is 277 g/mol. The number of pyridine rings is 1. The normalized spacial score (nSPS) is 22.0. The quantitative estimate of drug-likeness (QED) is 0.889. The first-order valence-electron chi connectivity index (χ1n) is 7.16. The lowest BCUT2D eigenvalue weighted by molar-refractivity contribution is 0.0546. The summed E-state index contributed by atoms with van der Waals surface area (Å²) in [6.45, 7) is 7.63. The van der Waals surface area contributed by atoms with Gasteiger partial charge in [0.05, 0.1) is 6.10 Å². The van der Waals surface area contributed by atoms with Gasteiger partial charge in [-0.1, -0.05) is 19.9 Å². The molecule has 2 rings (SSSR count). The third kappa shape index (κ3) is 3.93. The topological polar surface area (TPSA) is 63.2 Å². The molecule has 2 amide bonds. The van der Waals surface area contributed by atoms with Gasteiger partial charge in [-0.25, -0.2) is 9.78 Å². The van der Waals surface area contributed by atoms with Crippen LogP contribution in [0.2, 0.25) is 0 Å². The summed E-state index contributed by atoms with van der Waals surface area (Å²) in [6, 6.07) is 5.34. The molecule has 1 aliphatic rings. The lowest BCUT2D eigenvalue weighted by Crippen LogP contribution is -2.37. The number of nitrogens with one attached hydrogen (secondary N) is 2. The highest BCUT2D eigenvalue weighted by atomic mass is 16.5. The van der Waals surface area contributed by atoms with E-state index in [4.69, 9.17) is 4.74 Å². The Morgan fingerprint density at radius 3 is 3.00 bits per heavy atom. The van der Waals surface area contributed by atoms with Gasteiger partial charge in [0.1, 0.15) is 5.82 Å². The van der Waals surface area contributed by atoms with Crippen molar-refractivity contribution < 1.29 is 9.53 Å². The summed E-state index contributed by atoms with van der Waals surface area (Å²) in [7, 11) is 0. The Bertz CT molecular complexity index is 462. The number of amides is 2. The molecule has 0 bridgehead atoms. The standard InChI is InChI=1S/C15H23N3O2/c1-10(2)14-12(7-8-20-14)9-16-15(19)18-13-6-4-5-11(3)17-13/h4-6,10,12,14H,7-9H2,1-3H3,(H2,16,17,18,19)/t12-,14-/m0/s1. The van der Waals surface area contributed by atoms with Crippen molar-refractivity contribution in [2.24, 2.45) is 11.8 Å². The van der Waals surface area contributed by atoms with Crippen LogP contribution in [0.15, 0.2) is 18.2 Å². The van der Waals surface area contributed by atoms with Crippen molar-refractivity contribution in [3.05, 3.63) is 23.9 Å². The SMILES string of the molecule is Cc1cccc(NC(=O)NC[C@@H]2CCO[C@H]2C(C)C)n1. The van der Waals surface area contributed by atoms with Crippen molar-refractivity contribution >= 4 is 11.8 Å². The molecular formula is C15H23N3O2. The minimum atomic E-state index is -0.211. The average Bonchev–Trinajstić information content (AvgIpc) is 2.85. The highest BCUT2D eigenvalue weighted by molar-refractivity contribution is 5.88. The van der Waals surface area contributed by atoms with Crippen LogP contribution in [0.4, 0.5) is 10.6 Å². The summed E-state index contributed by atoms with van der Waals surface area (Å²) < 4.78 is 5.71. The van der Waals surface area contributed by atoms with Crippen molar-refractivity contribution in [2.75, 3.05) is 18.5 Å². The number of anilines is 1. The van der Waals surface area contributed by atoms with E-state index in [0.717, 1.165) is 18.7 Å². The van der Waals surface area contributed by atoms with E-state index in [9.17, 15) is 4.79 Å². The molecule has 1 aromatic rings. The van der Waals surface area contributed by atoms with Crippen LogP contribution in [0, 0.1) is 18.8 Å². The number of aromatic nitrogens is 1. The Labute approximate surface area is 120 Å². The zero-order chi connectivity index (χ0) is 14.5. The van der Waals surface area contributed by atoms with E-state index in [1.54, 1.807) is 6.07 Å². The molecule has 1 fully saturated rings. The number of rotatable bonds is 4. The van der Waals surface area contributed by atoms with E-state index < -0.39 is 0 Å². The number of carbonyl (C=O) groups is 1. The minimum Gasteiger partial charge on any atom is -0.378 e. The predicted octanol–water partition coefficient (Wildman–Crippen LogP) is 2.57. The molecule has 110 valence electrons. The molecule has 2 N–H and O–H groups in total. The number of aryl methyl sites for hydroxylation is 1. The van der Waals surface area contributed by atoms with Crippen molar-refractivity contribution in [3.8, 4) is 0 Å². The van der Waals surface area contributed by atoms with Gasteiger partial charge in [-0.3, -0.25) is 5.32 Å². The molecule has 0 aromatic carbocycles. The van der Waals surface area contributed by atoms with Gasteiger partial charge in [-0.05, 0) is 31.4 Å². The average molecular weight is 277 g/mol. The summed E-state index contributed by atoms with van der Waals surface area (Å²) in [5, 5.41) is 5.66. The number of nitrogens with zero attached hydrogens (tertiary/aromatic N) is 1. The second kappa shape index (κ2) is 6.70. The van der Waals surface area contributed by atoms with Gasteiger partial charge >= 0.3 is 6.03 Å². The van der Waals surface area contributed by atoms with Crippen molar-refractivity contribution in [1.29, 1.82) is 0 Å². The maximum Gasteiger partial charge on any atom is 0.320 e. The molecule has 0 radical (unpaired) electrons. The van der Waals surface area contributed by atoms with E-state index in [1.807, 2.05) is 19.1 Å². The number of ether oxygens (including phenoxy) is 1. The van der Waals surface area contributed by atoms with Crippen LogP contribution in [0.5, 0.6) is 0 Å². The Balaban J connectivity index is 1.80. The van der Waals surface area contributed by atoms with Crippen molar-refractivity contribution in [1.82, 2.24) is 10.3 Å². The van der Waals surface area contributed by atoms with Crippen LogP contribution >= 0.6 is 0 Å². The third-order valence-electron chi connectivity index (χ3n) is 3.58. The Kier molecular flexibility index (Phi) is 4.95. The molecule has 0 aliphatic carbocycles. The summed E-state index contributed by atoms with van der Waals surface area (Å²) in [5.74, 6) is 1.45. The van der Waals surface area contributed by atoms with E-state index in [2.05, 4.69) is 29.5 Å². The van der Waals surface area contributed by atoms with E-state index in [0.29, 0.717) is 24.2 Å². The molecule has 2 atom stereocenters. The lowest BCUT2D eigenvalue weighted by atomic mass is 9.93. The fraction of sp³-hybridized carbons (Fsp3) is 0.600. The van der Waals surface area contributed by atoms with Crippen LogP contribution in [-0.4, -0.2) is 30.3 Å². The van der Waals surface area contributed by atoms with Gasteiger partial charge in [0.25, 0.3) is 0 Å². The fourth-order valence-electron chi connectivity index (χ4n) is 2.61. The molecule has 20 heavy (non-hydrogen) atoms. The molecule has 1 saturated heterocycles. The van der Waals surface area contributed by atoms with Gasteiger partial charge in [-0.2, -0.15) is 0 Å². The zero-order valence-electron chi connectivity index (χ0n) is 12.3. The van der Waals surface area contributed by atoms with Crippen LogP contribution in [0.25, 0.3) is 0 Å². The second-order valence-electron chi connectivity index (χ2n) is 5.63. The second-order valence-corrected chi connectivity index (χ2v) is 5.63. The van der Waals surface area contributed by atoms with Gasteiger partial charge in [-0.15, -0.1) is 0 Å². The molecule has 5 heteroatoms. The molecule has 5 nitrogen and oxygen atoms in total. The van der Waals surface area contributed by atoms with Gasteiger partial charge in [0.15, 0.2) is 0 Å². The van der Waals surface area contributed by atoms with Crippen LogP contribution in [0.3, 0.4) is 0 Å². The summed E-state index contributed by atoms with van der Waals surface area (Å²) >= 11 is 0. The highest BCUT2D eigenvalue weighted by Crippen LogP contribution is 2.26. The molecule has 1 aliphatic heterocycles. The molecule has 0 saturated carbocycles. The van der Waals surface area contributed by atoms with Gasteiger partial charge < -0.3 is 10.1 Å². The van der Waals surface area contributed by atoms with Crippen LogP contribution in [-0.2, 0) is 4.74 Å². The molecule has 0 unspecified atom stereocenters. The maximum absolute atomic E-state index is 11.9. The number of hydrogen-bond donors (Lipinski definition) is 2. The molecule has 2 heterocycles. The Morgan fingerprint density at radius 1 is 1.50 bits per heavy atom. The zero-order valence-corrected chi connectivity index (χ0v) is 12.3. The fourth-order valence-corrected chi connectivity index (χ4v) is 2.61. The van der Waals surface area contributed by atoms with Crippen LogP contribution < -0.4 is 10.6 Å². The Morgan fingerprint density at radius 2 is 2.30 bits per heavy atom. The van der Waals surface area contributed by atoms with Gasteiger partial charge in [0, 0.05) is 24.8 Å². The smallest absolute Gasteiger partial charge is 0.320 e. The van der Waals surface area contributed by atoms with E-state index >= 15 is 0 Å². The van der Waals surface area contributed by atoms with Crippen molar-refractivity contribution in [3.63, 3.8) is 0 Å². The maximum atomic E-state index is 11.9. The number of carbonyl (C=O) groups excluding carboxylic acids is 1. The first kappa shape index (κ1) is 14.8. The molecule has 0 spiro atoms. The van der Waals surface area contributed by atoms with E-state index in [1.165, 1.54) is 0 Å². The minimum absolute atomic E-state index is 0.211. The third-order valence-corrected chi connectivity index (χ3v) is 3.58. The lowest BCUT2D eigenvalue weighted by Gasteiger charge is -2.22. The first-order valence-corrected chi connectivity index (χ1v) is 7.16. The van der Waals surface area contributed by atoms with Gasteiger partial charge in [0.2, 0.25) is 0 Å². The first-order chi connectivity index (χ1) is 9.56. The predicted molar refractivity (Wildman–Crippen MR) is 78.7 cm³/mol. The number of urea groups is 1. The van der Waals surface area contributed by atoms with Crippen molar-refractivity contribution in [2.45, 2.75) is 33.3 Å². The largest absolute Gasteiger partial charge is 0.378 e. The summed E-state index contributed by atoms with van der Waals surface area (Å²) in [5.41, 5.74) is 0.881. The molecule has 1 aromatic heterocycles. The highest BCUT2D eigenvalue weighted by Gasteiger charge is 2.30. The number of hydrogen-bond acceptors (Lipinski definition) is 3. The van der Waals surface area contributed by atoms with Crippen LogP contribution in [0.1, 0.15) is 26.0 Å². The summed E-state index contributed by atoms with van der Waals surface area (Å²) in [4.78, 5) is 16.1.